The molecule has 2 heterocycles. The van der Waals surface area contributed by atoms with Crippen LogP contribution in [0.5, 0.6) is 5.75 Å². The maximum atomic E-state index is 11.7. The Labute approximate surface area is 186 Å². The lowest BCUT2D eigenvalue weighted by molar-refractivity contribution is 0.0601. The molecule has 0 radical (unpaired) electrons. The van der Waals surface area contributed by atoms with E-state index in [2.05, 4.69) is 21.3 Å². The van der Waals surface area contributed by atoms with Crippen LogP contribution in [0.15, 0.2) is 40.8 Å². The van der Waals surface area contributed by atoms with E-state index in [9.17, 15) is 4.79 Å². The highest BCUT2D eigenvalue weighted by molar-refractivity contribution is 6.32. The van der Waals surface area contributed by atoms with Crippen LogP contribution in [0.2, 0.25) is 5.02 Å². The predicted molar refractivity (Wildman–Crippen MR) is 120 cm³/mol. The summed E-state index contributed by atoms with van der Waals surface area (Å²) in [7, 11) is 1.36. The highest BCUT2D eigenvalue weighted by Gasteiger charge is 2.21. The SMILES string of the molecule is CCOc1cc(CN2CCC(Nc3nc4cc(C(=O)OC)ccc4o3)CC2)ccc1Cl. The molecule has 2 aromatic carbocycles. The largest absolute Gasteiger partial charge is 0.492 e. The van der Waals surface area contributed by atoms with E-state index in [0.29, 0.717) is 34.3 Å². The van der Waals surface area contributed by atoms with Crippen LogP contribution in [0.3, 0.4) is 0 Å². The number of aromatic nitrogens is 1. The minimum atomic E-state index is -0.388. The van der Waals surface area contributed by atoms with E-state index in [1.807, 2.05) is 19.1 Å². The Morgan fingerprint density at radius 1 is 1.26 bits per heavy atom. The maximum Gasteiger partial charge on any atom is 0.337 e. The van der Waals surface area contributed by atoms with Gasteiger partial charge in [-0.1, -0.05) is 17.7 Å². The zero-order chi connectivity index (χ0) is 21.8. The molecule has 1 N–H and O–H groups in total. The second-order valence-corrected chi connectivity index (χ2v) is 7.99. The van der Waals surface area contributed by atoms with Gasteiger partial charge in [-0.3, -0.25) is 4.90 Å². The van der Waals surface area contributed by atoms with Gasteiger partial charge >= 0.3 is 5.97 Å². The predicted octanol–water partition coefficient (Wildman–Crippen LogP) is 4.74. The van der Waals surface area contributed by atoms with Gasteiger partial charge in [0.05, 0.1) is 24.3 Å². The summed E-state index contributed by atoms with van der Waals surface area (Å²) in [5.74, 6) is 0.352. The molecule has 0 atom stereocenters. The lowest BCUT2D eigenvalue weighted by Gasteiger charge is -2.32. The number of nitrogens with one attached hydrogen (secondary N) is 1. The molecule has 8 heteroatoms. The summed E-state index contributed by atoms with van der Waals surface area (Å²) >= 11 is 6.19. The fourth-order valence-corrected chi connectivity index (χ4v) is 3.99. The van der Waals surface area contributed by atoms with Crippen molar-refractivity contribution >= 4 is 34.7 Å². The van der Waals surface area contributed by atoms with Crippen LogP contribution in [-0.2, 0) is 11.3 Å². The Hall–Kier alpha value is -2.77. The highest BCUT2D eigenvalue weighted by Crippen LogP contribution is 2.27. The van der Waals surface area contributed by atoms with E-state index >= 15 is 0 Å². The molecule has 1 fully saturated rings. The number of nitrogens with zero attached hydrogens (tertiary/aromatic N) is 2. The van der Waals surface area contributed by atoms with Crippen molar-refractivity contribution in [3.05, 3.63) is 52.5 Å². The van der Waals surface area contributed by atoms with E-state index in [1.165, 1.54) is 12.7 Å². The Kier molecular flexibility index (Phi) is 6.63. The van der Waals surface area contributed by atoms with Crippen molar-refractivity contribution in [2.75, 3.05) is 32.1 Å². The lowest BCUT2D eigenvalue weighted by Crippen LogP contribution is -2.38. The fourth-order valence-electron chi connectivity index (χ4n) is 3.81. The number of ether oxygens (including phenoxy) is 2. The molecule has 1 saturated heterocycles. The molecule has 1 aromatic heterocycles. The summed E-state index contributed by atoms with van der Waals surface area (Å²) in [5, 5.41) is 4.04. The van der Waals surface area contributed by atoms with Gasteiger partial charge in [0, 0.05) is 25.7 Å². The minimum Gasteiger partial charge on any atom is -0.492 e. The van der Waals surface area contributed by atoms with Crippen molar-refractivity contribution in [1.29, 1.82) is 0 Å². The molecule has 4 rings (SSSR count). The van der Waals surface area contributed by atoms with Crippen molar-refractivity contribution < 1.29 is 18.7 Å². The number of benzene rings is 2. The van der Waals surface area contributed by atoms with Gasteiger partial charge in [0.25, 0.3) is 6.01 Å². The number of carbonyl (C=O) groups excluding carboxylic acids is 1. The molecule has 3 aromatic rings. The van der Waals surface area contributed by atoms with Gasteiger partial charge in [-0.2, -0.15) is 4.98 Å². The van der Waals surface area contributed by atoms with Gasteiger partial charge in [0.2, 0.25) is 0 Å². The number of esters is 1. The molecular weight excluding hydrogens is 418 g/mol. The van der Waals surface area contributed by atoms with Crippen LogP contribution in [0.25, 0.3) is 11.1 Å². The molecule has 7 nitrogen and oxygen atoms in total. The molecule has 1 aliphatic rings. The summed E-state index contributed by atoms with van der Waals surface area (Å²) in [6.07, 6.45) is 1.97. The molecule has 164 valence electrons. The summed E-state index contributed by atoms with van der Waals surface area (Å²) in [5.41, 5.74) is 2.92. The van der Waals surface area contributed by atoms with E-state index in [-0.39, 0.29) is 12.0 Å². The van der Waals surface area contributed by atoms with Gasteiger partial charge in [0.1, 0.15) is 11.3 Å². The molecule has 0 saturated carbocycles. The summed E-state index contributed by atoms with van der Waals surface area (Å²) in [6.45, 7) is 5.35. The average molecular weight is 444 g/mol. The third kappa shape index (κ3) is 5.11. The standard InChI is InChI=1S/C23H26ClN3O4/c1-3-30-21-12-15(4-6-18(21)24)14-27-10-8-17(9-11-27)25-23-26-19-13-16(22(28)29-2)5-7-20(19)31-23/h4-7,12-13,17H,3,8-11,14H2,1-2H3,(H,25,26). The summed E-state index contributed by atoms with van der Waals surface area (Å²) < 4.78 is 16.2. The molecule has 31 heavy (non-hydrogen) atoms. The number of halogens is 1. The Bertz CT molecular complexity index is 1060. The molecule has 0 aliphatic carbocycles. The number of fused-ring (bicyclic) bond motifs is 1. The Morgan fingerprint density at radius 3 is 2.81 bits per heavy atom. The average Bonchev–Trinajstić information content (AvgIpc) is 3.18. The van der Waals surface area contributed by atoms with Gasteiger partial charge in [-0.25, -0.2) is 4.79 Å². The molecule has 1 aliphatic heterocycles. The van der Waals surface area contributed by atoms with E-state index in [0.717, 1.165) is 38.2 Å². The second-order valence-electron chi connectivity index (χ2n) is 7.59. The van der Waals surface area contributed by atoms with Crippen LogP contribution in [-0.4, -0.2) is 48.7 Å². The molecular formula is C23H26ClN3O4. The maximum absolute atomic E-state index is 11.7. The van der Waals surface area contributed by atoms with Crippen LogP contribution < -0.4 is 10.1 Å². The Morgan fingerprint density at radius 2 is 2.06 bits per heavy atom. The number of anilines is 1. The van der Waals surface area contributed by atoms with Crippen LogP contribution in [0, 0.1) is 0 Å². The number of rotatable bonds is 7. The van der Waals surface area contributed by atoms with Crippen LogP contribution in [0.1, 0.15) is 35.7 Å². The number of carbonyl (C=O) groups is 1. The first-order valence-electron chi connectivity index (χ1n) is 10.4. The molecule has 0 bridgehead atoms. The van der Waals surface area contributed by atoms with E-state index < -0.39 is 0 Å². The topological polar surface area (TPSA) is 76.8 Å². The quantitative estimate of drug-likeness (QED) is 0.528. The smallest absolute Gasteiger partial charge is 0.337 e. The summed E-state index contributed by atoms with van der Waals surface area (Å²) in [4.78, 5) is 18.6. The zero-order valence-corrected chi connectivity index (χ0v) is 18.4. The number of hydrogen-bond donors (Lipinski definition) is 1. The third-order valence-electron chi connectivity index (χ3n) is 5.43. The second kappa shape index (κ2) is 9.58. The molecule has 0 unspecified atom stereocenters. The van der Waals surface area contributed by atoms with Crippen molar-refractivity contribution in [2.45, 2.75) is 32.4 Å². The van der Waals surface area contributed by atoms with Gasteiger partial charge in [-0.15, -0.1) is 0 Å². The van der Waals surface area contributed by atoms with Gasteiger partial charge in [0.15, 0.2) is 5.58 Å². The van der Waals surface area contributed by atoms with Crippen molar-refractivity contribution in [1.82, 2.24) is 9.88 Å². The number of hydrogen-bond acceptors (Lipinski definition) is 7. The first-order chi connectivity index (χ1) is 15.1. The number of likely N-dealkylation sites (tertiary alicyclic amines) is 1. The van der Waals surface area contributed by atoms with Crippen LogP contribution in [0.4, 0.5) is 6.01 Å². The normalized spacial score (nSPS) is 15.2. The number of piperidine rings is 1. The van der Waals surface area contributed by atoms with Crippen LogP contribution >= 0.6 is 11.6 Å². The minimum absolute atomic E-state index is 0.286. The van der Waals surface area contributed by atoms with E-state index in [4.69, 9.17) is 25.5 Å². The lowest BCUT2D eigenvalue weighted by atomic mass is 10.0. The first kappa shape index (κ1) is 21.5. The third-order valence-corrected chi connectivity index (χ3v) is 5.74. The number of methoxy groups -OCH3 is 1. The molecule has 0 spiro atoms. The molecule has 0 amide bonds. The zero-order valence-electron chi connectivity index (χ0n) is 17.7. The highest BCUT2D eigenvalue weighted by atomic mass is 35.5. The fraction of sp³-hybridized carbons (Fsp3) is 0.391. The van der Waals surface area contributed by atoms with Gasteiger partial charge in [-0.05, 0) is 55.7 Å². The van der Waals surface area contributed by atoms with Gasteiger partial charge < -0.3 is 19.2 Å². The van der Waals surface area contributed by atoms with E-state index in [1.54, 1.807) is 18.2 Å². The first-order valence-corrected chi connectivity index (χ1v) is 10.8. The number of oxazole rings is 1. The monoisotopic (exact) mass is 443 g/mol. The van der Waals surface area contributed by atoms with Crippen molar-refractivity contribution in [3.8, 4) is 5.75 Å². The van der Waals surface area contributed by atoms with Crippen molar-refractivity contribution in [2.24, 2.45) is 0 Å². The summed E-state index contributed by atoms with van der Waals surface area (Å²) in [6, 6.07) is 11.8. The van der Waals surface area contributed by atoms with Crippen molar-refractivity contribution in [3.63, 3.8) is 0 Å². The Balaban J connectivity index is 1.33.